The van der Waals surface area contributed by atoms with Crippen molar-refractivity contribution in [1.29, 1.82) is 0 Å². The van der Waals surface area contributed by atoms with Crippen LogP contribution in [-0.2, 0) is 19.5 Å². The minimum Gasteiger partial charge on any atom is -1.00 e. The number of Topliss-reactive ketones (excluding diaryl/α,β-unsaturated/α-hetero) is 1. The standard InChI is InChI=1S/C22H22ClN2O2.BrH/c1-2-27-19-11-7-17(8-12-19)21(26)15-24-14-20(25-13-3-4-22(24)25)16-5-9-18(23)10-6-16;/h5-12,14H,2-4,13,15H2,1H3;1H/q+1;/p-1. The number of rotatable bonds is 6. The highest BCUT2D eigenvalue weighted by Crippen LogP contribution is 2.26. The number of ether oxygens (including phenoxy) is 1. The van der Waals surface area contributed by atoms with Crippen molar-refractivity contribution in [2.24, 2.45) is 0 Å². The van der Waals surface area contributed by atoms with Crippen molar-refractivity contribution in [3.63, 3.8) is 0 Å². The summed E-state index contributed by atoms with van der Waals surface area (Å²) in [5, 5.41) is 0.727. The Morgan fingerprint density at radius 3 is 2.54 bits per heavy atom. The van der Waals surface area contributed by atoms with Crippen LogP contribution < -0.4 is 26.3 Å². The third-order valence-corrected chi connectivity index (χ3v) is 5.19. The summed E-state index contributed by atoms with van der Waals surface area (Å²) in [6, 6.07) is 15.2. The van der Waals surface area contributed by atoms with Crippen LogP contribution in [0.2, 0.25) is 5.02 Å². The van der Waals surface area contributed by atoms with Gasteiger partial charge in [-0.25, -0.2) is 9.13 Å². The van der Waals surface area contributed by atoms with Gasteiger partial charge in [0.05, 0.1) is 19.6 Å². The van der Waals surface area contributed by atoms with Gasteiger partial charge in [-0.15, -0.1) is 0 Å². The molecule has 1 aliphatic rings. The van der Waals surface area contributed by atoms with Gasteiger partial charge < -0.3 is 21.7 Å². The number of aromatic nitrogens is 2. The molecule has 0 N–H and O–H groups in total. The van der Waals surface area contributed by atoms with Crippen molar-refractivity contribution < 1.29 is 31.1 Å². The number of ketones is 1. The molecule has 1 aliphatic heterocycles. The molecule has 0 atom stereocenters. The molecule has 146 valence electrons. The second kappa shape index (κ2) is 8.93. The lowest BCUT2D eigenvalue weighted by Gasteiger charge is -2.04. The molecule has 0 saturated carbocycles. The topological polar surface area (TPSA) is 35.1 Å². The molecule has 0 amide bonds. The molecule has 2 aromatic carbocycles. The first-order chi connectivity index (χ1) is 13.2. The maximum absolute atomic E-state index is 12.8. The monoisotopic (exact) mass is 460 g/mol. The highest BCUT2D eigenvalue weighted by molar-refractivity contribution is 6.30. The Labute approximate surface area is 180 Å². The molecule has 0 spiro atoms. The number of fused-ring (bicyclic) bond motifs is 1. The molecule has 0 fully saturated rings. The van der Waals surface area contributed by atoms with E-state index >= 15 is 0 Å². The molecule has 28 heavy (non-hydrogen) atoms. The van der Waals surface area contributed by atoms with Crippen LogP contribution in [0.1, 0.15) is 29.5 Å². The summed E-state index contributed by atoms with van der Waals surface area (Å²) in [5.41, 5.74) is 2.96. The van der Waals surface area contributed by atoms with Gasteiger partial charge in [-0.1, -0.05) is 11.6 Å². The average Bonchev–Trinajstić information content (AvgIpc) is 3.27. The molecule has 3 aromatic rings. The first kappa shape index (κ1) is 20.6. The molecule has 1 aromatic heterocycles. The number of carbonyl (C=O) groups is 1. The average molecular weight is 462 g/mol. The van der Waals surface area contributed by atoms with E-state index in [1.165, 1.54) is 5.82 Å². The smallest absolute Gasteiger partial charge is 0.257 e. The highest BCUT2D eigenvalue weighted by atomic mass is 79.9. The first-order valence-corrected chi connectivity index (χ1v) is 9.67. The van der Waals surface area contributed by atoms with E-state index in [-0.39, 0.29) is 22.8 Å². The van der Waals surface area contributed by atoms with E-state index in [4.69, 9.17) is 16.3 Å². The molecule has 0 aliphatic carbocycles. The van der Waals surface area contributed by atoms with Gasteiger partial charge in [-0.05, 0) is 61.9 Å². The van der Waals surface area contributed by atoms with Gasteiger partial charge in [0.25, 0.3) is 5.82 Å². The van der Waals surface area contributed by atoms with Crippen LogP contribution in [0.4, 0.5) is 0 Å². The van der Waals surface area contributed by atoms with E-state index in [2.05, 4.69) is 15.3 Å². The first-order valence-electron chi connectivity index (χ1n) is 9.29. The molecule has 0 bridgehead atoms. The zero-order chi connectivity index (χ0) is 18.8. The lowest BCUT2D eigenvalue weighted by Crippen LogP contribution is -3.00. The molecule has 6 heteroatoms. The van der Waals surface area contributed by atoms with Crippen molar-refractivity contribution >= 4 is 17.4 Å². The molecule has 4 nitrogen and oxygen atoms in total. The maximum atomic E-state index is 12.8. The Bertz CT molecular complexity index is 965. The summed E-state index contributed by atoms with van der Waals surface area (Å²) >= 11 is 6.02. The Kier molecular flexibility index (Phi) is 6.57. The Balaban J connectivity index is 0.00000225. The summed E-state index contributed by atoms with van der Waals surface area (Å²) in [4.78, 5) is 12.8. The molecular formula is C22H22BrClN2O2. The number of hydrogen-bond acceptors (Lipinski definition) is 2. The second-order valence-corrected chi connectivity index (χ2v) is 7.14. The summed E-state index contributed by atoms with van der Waals surface area (Å²) in [7, 11) is 0. The fraction of sp³-hybridized carbons (Fsp3) is 0.273. The number of imidazole rings is 1. The largest absolute Gasteiger partial charge is 1.00 e. The number of hydrogen-bond donors (Lipinski definition) is 0. The zero-order valence-electron chi connectivity index (χ0n) is 15.7. The Hall–Kier alpha value is -2.11. The fourth-order valence-electron chi connectivity index (χ4n) is 3.65. The van der Waals surface area contributed by atoms with E-state index in [9.17, 15) is 4.79 Å². The van der Waals surface area contributed by atoms with Gasteiger partial charge in [-0.2, -0.15) is 0 Å². The van der Waals surface area contributed by atoms with Gasteiger partial charge in [0, 0.05) is 16.1 Å². The van der Waals surface area contributed by atoms with Crippen molar-refractivity contribution in [1.82, 2.24) is 4.57 Å². The van der Waals surface area contributed by atoms with Crippen molar-refractivity contribution in [2.45, 2.75) is 32.9 Å². The SMILES string of the molecule is CCOc1ccc(C(=O)C[n+]2cc(-c3ccc(Cl)cc3)n3c2CCC3)cc1.[Br-]. The summed E-state index contributed by atoms with van der Waals surface area (Å²) in [6.45, 7) is 3.89. The normalized spacial score (nSPS) is 12.4. The van der Waals surface area contributed by atoms with E-state index in [1.807, 2.05) is 55.5 Å². The molecule has 0 unspecified atom stereocenters. The summed E-state index contributed by atoms with van der Waals surface area (Å²) in [5.74, 6) is 2.10. The van der Waals surface area contributed by atoms with Gasteiger partial charge in [0.15, 0.2) is 12.2 Å². The predicted molar refractivity (Wildman–Crippen MR) is 105 cm³/mol. The minimum absolute atomic E-state index is 0. The van der Waals surface area contributed by atoms with Gasteiger partial charge >= 0.3 is 0 Å². The fourth-order valence-corrected chi connectivity index (χ4v) is 3.77. The van der Waals surface area contributed by atoms with Gasteiger partial charge in [0.2, 0.25) is 5.78 Å². The van der Waals surface area contributed by atoms with Gasteiger partial charge in [-0.3, -0.25) is 4.79 Å². The van der Waals surface area contributed by atoms with Crippen LogP contribution in [0.25, 0.3) is 11.3 Å². The van der Waals surface area contributed by atoms with Crippen molar-refractivity contribution in [2.75, 3.05) is 6.61 Å². The Morgan fingerprint density at radius 2 is 1.86 bits per heavy atom. The van der Waals surface area contributed by atoms with Crippen LogP contribution in [0.3, 0.4) is 0 Å². The van der Waals surface area contributed by atoms with Crippen molar-refractivity contribution in [3.8, 4) is 17.0 Å². The maximum Gasteiger partial charge on any atom is 0.257 e. The molecule has 2 heterocycles. The quantitative estimate of drug-likeness (QED) is 0.410. The third-order valence-electron chi connectivity index (χ3n) is 4.94. The lowest BCUT2D eigenvalue weighted by atomic mass is 10.1. The number of carbonyl (C=O) groups excluding carboxylic acids is 1. The highest BCUT2D eigenvalue weighted by Gasteiger charge is 2.29. The third kappa shape index (κ3) is 4.15. The minimum atomic E-state index is 0. The molecule has 4 rings (SSSR count). The predicted octanol–water partition coefficient (Wildman–Crippen LogP) is 1.33. The zero-order valence-corrected chi connectivity index (χ0v) is 18.0. The number of benzene rings is 2. The van der Waals surface area contributed by atoms with Crippen LogP contribution >= 0.6 is 11.6 Å². The van der Waals surface area contributed by atoms with E-state index < -0.39 is 0 Å². The van der Waals surface area contributed by atoms with Crippen LogP contribution in [-0.4, -0.2) is 17.0 Å². The molecular weight excluding hydrogens is 440 g/mol. The number of nitrogens with zero attached hydrogens (tertiary/aromatic N) is 2. The lowest BCUT2D eigenvalue weighted by molar-refractivity contribution is -0.689. The van der Waals surface area contributed by atoms with E-state index in [0.717, 1.165) is 41.4 Å². The molecule has 0 radical (unpaired) electrons. The van der Waals surface area contributed by atoms with Crippen molar-refractivity contribution in [3.05, 3.63) is 71.1 Å². The number of halogens is 2. The Morgan fingerprint density at radius 1 is 1.14 bits per heavy atom. The van der Waals surface area contributed by atoms with Crippen LogP contribution in [0.5, 0.6) is 5.75 Å². The van der Waals surface area contributed by atoms with E-state index in [1.54, 1.807) is 0 Å². The second-order valence-electron chi connectivity index (χ2n) is 6.70. The van der Waals surface area contributed by atoms with Gasteiger partial charge in [0.1, 0.15) is 11.9 Å². The summed E-state index contributed by atoms with van der Waals surface area (Å²) < 4.78 is 9.86. The summed E-state index contributed by atoms with van der Waals surface area (Å²) in [6.07, 6.45) is 4.18. The van der Waals surface area contributed by atoms with Crippen LogP contribution in [0.15, 0.2) is 54.7 Å². The van der Waals surface area contributed by atoms with Crippen LogP contribution in [0, 0.1) is 0 Å². The van der Waals surface area contributed by atoms with E-state index in [0.29, 0.717) is 18.7 Å². The molecule has 0 saturated heterocycles.